The van der Waals surface area contributed by atoms with E-state index in [4.69, 9.17) is 9.47 Å². The van der Waals surface area contributed by atoms with E-state index in [1.165, 1.54) is 27.8 Å². The van der Waals surface area contributed by atoms with E-state index in [9.17, 15) is 0 Å². The maximum absolute atomic E-state index is 5.52. The quantitative estimate of drug-likeness (QED) is 0.845. The van der Waals surface area contributed by atoms with Crippen LogP contribution in [0.5, 0.6) is 11.5 Å². The molecule has 0 N–H and O–H groups in total. The molecule has 0 saturated carbocycles. The summed E-state index contributed by atoms with van der Waals surface area (Å²) in [6.07, 6.45) is 1.08. The molecule has 0 unspecified atom stereocenters. The molecule has 0 aliphatic carbocycles. The monoisotopic (exact) mass is 295 g/mol. The minimum atomic E-state index is 0.352. The van der Waals surface area contributed by atoms with Crippen molar-refractivity contribution >= 4 is 0 Å². The van der Waals surface area contributed by atoms with Gasteiger partial charge >= 0.3 is 0 Å². The van der Waals surface area contributed by atoms with Crippen molar-refractivity contribution in [2.24, 2.45) is 0 Å². The first-order valence-electron chi connectivity index (χ1n) is 7.89. The maximum atomic E-state index is 5.52. The molecule has 2 aromatic rings. The zero-order valence-electron chi connectivity index (χ0n) is 13.2. The van der Waals surface area contributed by atoms with Crippen LogP contribution in [0, 0.1) is 13.8 Å². The molecule has 3 nitrogen and oxygen atoms in total. The van der Waals surface area contributed by atoms with Crippen LogP contribution < -0.4 is 9.47 Å². The summed E-state index contributed by atoms with van der Waals surface area (Å²) in [7, 11) is 0. The molecule has 4 rings (SSSR count). The van der Waals surface area contributed by atoms with Gasteiger partial charge in [0.25, 0.3) is 0 Å². The first-order chi connectivity index (χ1) is 10.7. The molecule has 2 aliphatic rings. The largest absolute Gasteiger partial charge is 0.454 e. The summed E-state index contributed by atoms with van der Waals surface area (Å²) in [4.78, 5) is 2.53. The van der Waals surface area contributed by atoms with Gasteiger partial charge in [0.15, 0.2) is 11.5 Å². The zero-order valence-corrected chi connectivity index (χ0v) is 13.2. The fourth-order valence-electron chi connectivity index (χ4n) is 3.46. The van der Waals surface area contributed by atoms with Crippen LogP contribution in [0.2, 0.25) is 0 Å². The molecular weight excluding hydrogens is 274 g/mol. The lowest BCUT2D eigenvalue weighted by atomic mass is 9.97. The summed E-state index contributed by atoms with van der Waals surface area (Å²) < 4.78 is 11.0. The standard InChI is InChI=1S/C19H21NO2/c1-13-4-3-5-14(2)17(13)11-20-7-6-15-8-18-19(22-12-21-18)9-16(15)10-20/h3-5,8-9H,6-7,10-12H2,1-2H3. The number of benzene rings is 2. The molecule has 0 spiro atoms. The van der Waals surface area contributed by atoms with Crippen molar-refractivity contribution < 1.29 is 9.47 Å². The van der Waals surface area contributed by atoms with Gasteiger partial charge in [0, 0.05) is 19.6 Å². The Hall–Kier alpha value is -2.00. The van der Waals surface area contributed by atoms with Gasteiger partial charge in [-0.05, 0) is 60.2 Å². The third kappa shape index (κ3) is 2.35. The molecule has 0 atom stereocenters. The van der Waals surface area contributed by atoms with Gasteiger partial charge in [0.05, 0.1) is 0 Å². The van der Waals surface area contributed by atoms with Gasteiger partial charge < -0.3 is 9.47 Å². The number of rotatable bonds is 2. The normalized spacial score (nSPS) is 16.6. The Labute approximate surface area is 131 Å². The van der Waals surface area contributed by atoms with Crippen molar-refractivity contribution in [1.82, 2.24) is 4.90 Å². The van der Waals surface area contributed by atoms with Crippen LogP contribution in [-0.2, 0) is 19.5 Å². The maximum Gasteiger partial charge on any atom is 0.231 e. The molecule has 114 valence electrons. The highest BCUT2D eigenvalue weighted by Crippen LogP contribution is 2.37. The van der Waals surface area contributed by atoms with Gasteiger partial charge in [0.1, 0.15) is 0 Å². The summed E-state index contributed by atoms with van der Waals surface area (Å²) in [5.74, 6) is 1.80. The fraction of sp³-hybridized carbons (Fsp3) is 0.368. The van der Waals surface area contributed by atoms with E-state index in [0.717, 1.165) is 37.6 Å². The highest BCUT2D eigenvalue weighted by Gasteiger charge is 2.22. The molecule has 3 heteroatoms. The number of aryl methyl sites for hydroxylation is 2. The number of hydrogen-bond acceptors (Lipinski definition) is 3. The van der Waals surface area contributed by atoms with Crippen molar-refractivity contribution in [3.8, 4) is 11.5 Å². The summed E-state index contributed by atoms with van der Waals surface area (Å²) >= 11 is 0. The van der Waals surface area contributed by atoms with E-state index < -0.39 is 0 Å². The van der Waals surface area contributed by atoms with Crippen molar-refractivity contribution in [2.75, 3.05) is 13.3 Å². The molecule has 22 heavy (non-hydrogen) atoms. The molecule has 2 aliphatic heterocycles. The highest BCUT2D eigenvalue weighted by atomic mass is 16.7. The lowest BCUT2D eigenvalue weighted by molar-refractivity contribution is 0.174. The van der Waals surface area contributed by atoms with Gasteiger partial charge in [-0.3, -0.25) is 4.90 Å². The van der Waals surface area contributed by atoms with Crippen LogP contribution in [0.3, 0.4) is 0 Å². The predicted molar refractivity (Wildman–Crippen MR) is 86.3 cm³/mol. The smallest absolute Gasteiger partial charge is 0.231 e. The summed E-state index contributed by atoms with van der Waals surface area (Å²) in [6, 6.07) is 10.9. The molecule has 0 saturated heterocycles. The van der Waals surface area contributed by atoms with Gasteiger partial charge in [-0.25, -0.2) is 0 Å². The van der Waals surface area contributed by atoms with Crippen molar-refractivity contribution in [3.63, 3.8) is 0 Å². The lowest BCUT2D eigenvalue weighted by Crippen LogP contribution is -2.30. The molecule has 0 amide bonds. The topological polar surface area (TPSA) is 21.7 Å². The second-order valence-corrected chi connectivity index (χ2v) is 6.31. The minimum Gasteiger partial charge on any atom is -0.454 e. The molecule has 2 aromatic carbocycles. The Kier molecular flexibility index (Phi) is 3.30. The predicted octanol–water partition coefficient (Wildman–Crippen LogP) is 3.59. The summed E-state index contributed by atoms with van der Waals surface area (Å²) in [5, 5.41) is 0. The van der Waals surface area contributed by atoms with Crippen LogP contribution >= 0.6 is 0 Å². The molecule has 2 heterocycles. The first kappa shape index (κ1) is 13.6. The van der Waals surface area contributed by atoms with Crippen LogP contribution in [-0.4, -0.2) is 18.2 Å². The van der Waals surface area contributed by atoms with E-state index in [0.29, 0.717) is 6.79 Å². The van der Waals surface area contributed by atoms with Crippen LogP contribution in [0.4, 0.5) is 0 Å². The SMILES string of the molecule is Cc1cccc(C)c1CN1CCc2cc3c(cc2C1)OCO3. The molecule has 0 aromatic heterocycles. The summed E-state index contributed by atoms with van der Waals surface area (Å²) in [6.45, 7) is 7.87. The zero-order chi connectivity index (χ0) is 15.1. The fourth-order valence-corrected chi connectivity index (χ4v) is 3.46. The molecule has 0 radical (unpaired) electrons. The van der Waals surface area contributed by atoms with Gasteiger partial charge in [-0.15, -0.1) is 0 Å². The number of nitrogens with zero attached hydrogens (tertiary/aromatic N) is 1. The first-order valence-corrected chi connectivity index (χ1v) is 7.89. The highest BCUT2D eigenvalue weighted by molar-refractivity contribution is 5.49. The van der Waals surface area contributed by atoms with Crippen molar-refractivity contribution in [2.45, 2.75) is 33.4 Å². The van der Waals surface area contributed by atoms with Crippen LogP contribution in [0.1, 0.15) is 27.8 Å². The van der Waals surface area contributed by atoms with E-state index in [-0.39, 0.29) is 0 Å². The van der Waals surface area contributed by atoms with Crippen molar-refractivity contribution in [3.05, 3.63) is 58.1 Å². The van der Waals surface area contributed by atoms with E-state index in [2.05, 4.69) is 49.1 Å². The average molecular weight is 295 g/mol. The number of ether oxygens (including phenoxy) is 2. The molecular formula is C19H21NO2. The van der Waals surface area contributed by atoms with E-state index in [1.54, 1.807) is 0 Å². The van der Waals surface area contributed by atoms with Gasteiger partial charge in [-0.1, -0.05) is 18.2 Å². The Bertz CT molecular complexity index is 703. The van der Waals surface area contributed by atoms with Crippen LogP contribution in [0.25, 0.3) is 0 Å². The minimum absolute atomic E-state index is 0.352. The summed E-state index contributed by atoms with van der Waals surface area (Å²) in [5.41, 5.74) is 7.02. The average Bonchev–Trinajstić information content (AvgIpc) is 2.96. The third-order valence-corrected chi connectivity index (χ3v) is 4.81. The Morgan fingerprint density at radius 1 is 1.00 bits per heavy atom. The Morgan fingerprint density at radius 2 is 1.68 bits per heavy atom. The molecule has 0 fully saturated rings. The number of fused-ring (bicyclic) bond motifs is 2. The van der Waals surface area contributed by atoms with Gasteiger partial charge in [-0.2, -0.15) is 0 Å². The van der Waals surface area contributed by atoms with Crippen LogP contribution in [0.15, 0.2) is 30.3 Å². The Morgan fingerprint density at radius 3 is 2.41 bits per heavy atom. The third-order valence-electron chi connectivity index (χ3n) is 4.81. The Balaban J connectivity index is 1.57. The van der Waals surface area contributed by atoms with Crippen molar-refractivity contribution in [1.29, 1.82) is 0 Å². The van der Waals surface area contributed by atoms with E-state index >= 15 is 0 Å². The second-order valence-electron chi connectivity index (χ2n) is 6.31. The lowest BCUT2D eigenvalue weighted by Gasteiger charge is -2.30. The van der Waals surface area contributed by atoms with E-state index in [1.807, 2.05) is 0 Å². The second kappa shape index (κ2) is 5.33. The van der Waals surface area contributed by atoms with Gasteiger partial charge in [0.2, 0.25) is 6.79 Å². The number of hydrogen-bond donors (Lipinski definition) is 0. The molecule has 0 bridgehead atoms.